The predicted molar refractivity (Wildman–Crippen MR) is 606 cm³/mol. The van der Waals surface area contributed by atoms with Gasteiger partial charge in [0.25, 0.3) is 0 Å². The third-order valence-electron chi connectivity index (χ3n) is 30.6. The number of pyridine rings is 2. The first kappa shape index (κ1) is 85.0. The van der Waals surface area contributed by atoms with Crippen LogP contribution in [0.1, 0.15) is 47.2 Å². The van der Waals surface area contributed by atoms with Crippen LogP contribution in [-0.2, 0) is 10.8 Å². The first-order valence-electron chi connectivity index (χ1n) is 50.1. The van der Waals surface area contributed by atoms with E-state index in [-0.39, 0.29) is 5.41 Å². The molecule has 0 N–H and O–H groups in total. The van der Waals surface area contributed by atoms with Crippen LogP contribution in [0.15, 0.2) is 520 Å². The molecule has 0 fully saturated rings. The zero-order valence-corrected chi connectivity index (χ0v) is 80.1. The molecule has 2 aliphatic rings. The van der Waals surface area contributed by atoms with Gasteiger partial charge < -0.3 is 13.6 Å². The number of furan rings is 1. The number of nitrogens with zero attached hydrogens (tertiary/aromatic N) is 7. The highest BCUT2D eigenvalue weighted by Crippen LogP contribution is 2.58. The molecule has 8 heteroatoms. The summed E-state index contributed by atoms with van der Waals surface area (Å²) in [7, 11) is 0. The second-order valence-corrected chi connectivity index (χ2v) is 38.9. The van der Waals surface area contributed by atoms with Gasteiger partial charge in [0.1, 0.15) is 17.0 Å². The van der Waals surface area contributed by atoms with Crippen molar-refractivity contribution in [2.75, 3.05) is 0 Å². The van der Waals surface area contributed by atoms with E-state index in [1.807, 2.05) is 73.1 Å². The van der Waals surface area contributed by atoms with Gasteiger partial charge in [-0.05, 0) is 225 Å². The lowest BCUT2D eigenvalue weighted by Crippen LogP contribution is -2.28. The molecular formula is C138H91N7O. The molecule has 2 aliphatic carbocycles. The van der Waals surface area contributed by atoms with E-state index in [9.17, 15) is 0 Å². The molecule has 0 aliphatic heterocycles. The molecule has 0 radical (unpaired) electrons. The van der Waals surface area contributed by atoms with Gasteiger partial charge in [0.15, 0.2) is 5.82 Å². The fourth-order valence-corrected chi connectivity index (χ4v) is 23.9. The fraction of sp³-hybridized carbons (Fsp3) is 0.0290. The quantitative estimate of drug-likeness (QED) is 0.122. The van der Waals surface area contributed by atoms with Gasteiger partial charge >= 0.3 is 0 Å². The highest BCUT2D eigenvalue weighted by Gasteiger charge is 2.46. The molecule has 7 heterocycles. The first-order chi connectivity index (χ1) is 72.2. The zero-order chi connectivity index (χ0) is 96.7. The molecule has 146 heavy (non-hydrogen) atoms. The number of hydrogen-bond donors (Lipinski definition) is 0. The zero-order valence-electron chi connectivity index (χ0n) is 80.1. The lowest BCUT2D eigenvalue weighted by molar-refractivity contribution is 0.660. The van der Waals surface area contributed by atoms with Crippen molar-refractivity contribution in [1.29, 1.82) is 0 Å². The average Bonchev–Trinajstić information content (AvgIpc) is 1.54. The number of hydrogen-bond acceptors (Lipinski definition) is 5. The largest absolute Gasteiger partial charge is 0.456 e. The Morgan fingerprint density at radius 1 is 0.226 bits per heavy atom. The normalized spacial score (nSPS) is 12.7. The summed E-state index contributed by atoms with van der Waals surface area (Å²) >= 11 is 0. The summed E-state index contributed by atoms with van der Waals surface area (Å²) in [6.07, 6.45) is 3.91. The van der Waals surface area contributed by atoms with Crippen molar-refractivity contribution in [3.8, 4) is 118 Å². The SMILES string of the molecule is CC1(C)c2ccccc2-c2c(-c3ccc4c(c3)c3ccccc3n4-c3cc(-c4ccccc4)cc(-c4cccc5ccccc45)c3)cccc21.c1ccc(-c2ccc(-n3c4ccccc4c4cc(-c5ccc6c(c5)C(c5ccccc5)(c5ccccc5)c5ccccc5-6)ccc43)cc2)cc1.c1ccc(-c2nc(-c3ccc4c(c3)oc3ccccc34)cc(-n3c4cnc5ccccc5c4c4c5ccccc5ncc43)n2)cc1. The van der Waals surface area contributed by atoms with Crippen molar-refractivity contribution in [1.82, 2.24) is 33.6 Å². The molecule has 0 atom stereocenters. The Labute approximate surface area is 843 Å². The Hall–Kier alpha value is -19.0. The van der Waals surface area contributed by atoms with Crippen molar-refractivity contribution in [2.24, 2.45) is 0 Å². The Morgan fingerprint density at radius 3 is 1.35 bits per heavy atom. The molecule has 0 saturated carbocycles. The Kier molecular flexibility index (Phi) is 20.1. The molecule has 0 saturated heterocycles. The maximum atomic E-state index is 6.26. The molecule has 0 bridgehead atoms. The van der Waals surface area contributed by atoms with E-state index in [0.29, 0.717) is 5.82 Å². The van der Waals surface area contributed by atoms with Gasteiger partial charge in [0.2, 0.25) is 0 Å². The van der Waals surface area contributed by atoms with Crippen LogP contribution in [0.2, 0.25) is 0 Å². The second kappa shape index (κ2) is 34.5. The smallest absolute Gasteiger partial charge is 0.162 e. The maximum Gasteiger partial charge on any atom is 0.162 e. The molecule has 8 nitrogen and oxygen atoms in total. The molecule has 684 valence electrons. The standard InChI is InChI=1S/C49H35N.C49H33N.C40H23N5O/c1-49(2)44-23-10-8-20-42(44)48-40(22-13-24-45(48)49)34-26-27-47-43(31-34)41-19-9-11-25-46(41)50(47)37-29-35(32-14-4-3-5-15-32)28-36(30-37)39-21-12-17-33-16-6-7-18-38(33)39;1-4-14-34(15-5-1)35-24-28-40(29-25-35)50-47-23-13-11-21-43(47)44-32-36(27-31-48(44)50)37-26-30-42-41-20-10-12-22-45(41)49(46(42)33-37,38-16-6-2-7-17-38)39-18-8-3-9-19-39;1-2-10-24(11-3-1)40-43-32(25-18-19-27-26-12-6-9-17-35(26)46-36(27)20-25)21-37(44-40)45-33-22-41-30-15-7-4-13-28(30)38(33)39-29-14-5-8-16-31(29)42-23-34(39)45/h3-31H,1-2H3;1-33H;1-23H. The van der Waals surface area contributed by atoms with Gasteiger partial charge in [-0.15, -0.1) is 0 Å². The van der Waals surface area contributed by atoms with E-state index >= 15 is 0 Å². The van der Waals surface area contributed by atoms with E-state index in [0.717, 1.165) is 99.6 Å². The summed E-state index contributed by atoms with van der Waals surface area (Å²) in [5, 5.41) is 14.2. The van der Waals surface area contributed by atoms with Crippen molar-refractivity contribution >= 4 is 120 Å². The average molecular weight is 1860 g/mol. The van der Waals surface area contributed by atoms with Crippen molar-refractivity contribution in [2.45, 2.75) is 24.7 Å². The van der Waals surface area contributed by atoms with Crippen LogP contribution in [0.5, 0.6) is 0 Å². The molecular weight excluding hydrogens is 1770 g/mol. The number of fused-ring (bicyclic) bond motifs is 23. The summed E-state index contributed by atoms with van der Waals surface area (Å²) in [5.41, 5.74) is 40.5. The minimum atomic E-state index is -0.420. The molecule has 21 aromatic carbocycles. The van der Waals surface area contributed by atoms with Crippen molar-refractivity contribution < 1.29 is 4.42 Å². The summed E-state index contributed by atoms with van der Waals surface area (Å²) < 4.78 is 13.3. The van der Waals surface area contributed by atoms with Crippen LogP contribution in [0.3, 0.4) is 0 Å². The Balaban J connectivity index is 0.000000106. The molecule has 30 rings (SSSR count). The van der Waals surface area contributed by atoms with Gasteiger partial charge in [-0.3, -0.25) is 14.5 Å². The lowest BCUT2D eigenvalue weighted by atomic mass is 9.67. The van der Waals surface area contributed by atoms with E-state index in [1.54, 1.807) is 0 Å². The van der Waals surface area contributed by atoms with Crippen LogP contribution in [0.4, 0.5) is 0 Å². The van der Waals surface area contributed by atoms with Crippen molar-refractivity contribution in [3.63, 3.8) is 0 Å². The summed E-state index contributed by atoms with van der Waals surface area (Å²) in [6, 6.07) is 182. The first-order valence-corrected chi connectivity index (χ1v) is 50.1. The maximum absolute atomic E-state index is 6.26. The minimum absolute atomic E-state index is 0.0341. The lowest BCUT2D eigenvalue weighted by Gasteiger charge is -2.34. The third-order valence-corrected chi connectivity index (χ3v) is 30.6. The molecule has 28 aromatic rings. The second-order valence-electron chi connectivity index (χ2n) is 38.9. The highest BCUT2D eigenvalue weighted by molar-refractivity contribution is 6.27. The van der Waals surface area contributed by atoms with E-state index in [1.165, 1.54) is 166 Å². The van der Waals surface area contributed by atoms with Crippen LogP contribution in [0, 0.1) is 0 Å². The topological polar surface area (TPSA) is 79.5 Å². The molecule has 0 spiro atoms. The fourth-order valence-electron chi connectivity index (χ4n) is 23.9. The van der Waals surface area contributed by atoms with Gasteiger partial charge in [0.05, 0.1) is 67.6 Å². The Morgan fingerprint density at radius 2 is 0.678 bits per heavy atom. The van der Waals surface area contributed by atoms with Crippen LogP contribution < -0.4 is 0 Å². The summed E-state index contributed by atoms with van der Waals surface area (Å²) in [5.74, 6) is 1.37. The van der Waals surface area contributed by atoms with E-state index in [4.69, 9.17) is 24.4 Å². The number of rotatable bonds is 12. The van der Waals surface area contributed by atoms with Crippen LogP contribution >= 0.6 is 0 Å². The minimum Gasteiger partial charge on any atom is -0.456 e. The van der Waals surface area contributed by atoms with Crippen LogP contribution in [-0.4, -0.2) is 33.6 Å². The summed E-state index contributed by atoms with van der Waals surface area (Å²) in [6.45, 7) is 4.71. The van der Waals surface area contributed by atoms with Gasteiger partial charge in [-0.25, -0.2) is 9.97 Å². The number of para-hydroxylation sites is 5. The Bertz CT molecular complexity index is 9960. The molecule has 7 aromatic heterocycles. The van der Waals surface area contributed by atoms with Gasteiger partial charge in [0, 0.05) is 87.8 Å². The third kappa shape index (κ3) is 13.8. The highest BCUT2D eigenvalue weighted by atomic mass is 16.3. The summed E-state index contributed by atoms with van der Waals surface area (Å²) in [4.78, 5) is 20.1. The van der Waals surface area contributed by atoms with Gasteiger partial charge in [-0.2, -0.15) is 0 Å². The predicted octanol–water partition coefficient (Wildman–Crippen LogP) is 35.6. The van der Waals surface area contributed by atoms with Crippen molar-refractivity contribution in [3.05, 3.63) is 549 Å². The van der Waals surface area contributed by atoms with Crippen LogP contribution in [0.25, 0.3) is 238 Å². The monoisotopic (exact) mass is 1860 g/mol. The van der Waals surface area contributed by atoms with Gasteiger partial charge in [-0.1, -0.05) is 408 Å². The molecule has 0 unspecified atom stereocenters. The number of benzene rings is 21. The van der Waals surface area contributed by atoms with E-state index < -0.39 is 5.41 Å². The molecule has 0 amide bonds. The van der Waals surface area contributed by atoms with E-state index in [2.05, 4.69) is 470 Å². The number of aromatic nitrogens is 7.